The van der Waals surface area contributed by atoms with E-state index in [-0.39, 0.29) is 24.0 Å². The maximum Gasteiger partial charge on any atom is 0.191 e. The first kappa shape index (κ1) is 21.4. The second-order valence-electron chi connectivity index (χ2n) is 6.21. The molecule has 1 atom stereocenters. The van der Waals surface area contributed by atoms with Crippen molar-refractivity contribution in [1.29, 1.82) is 0 Å². The molecular weight excluding hydrogens is 433 g/mol. The summed E-state index contributed by atoms with van der Waals surface area (Å²) in [5, 5.41) is 6.86. The van der Waals surface area contributed by atoms with Gasteiger partial charge in [0.15, 0.2) is 5.96 Å². The highest BCUT2D eigenvalue weighted by Gasteiger charge is 2.29. The molecule has 1 heterocycles. The highest BCUT2D eigenvalue weighted by Crippen LogP contribution is 2.36. The largest absolute Gasteiger partial charge is 0.494 e. The van der Waals surface area contributed by atoms with E-state index in [4.69, 9.17) is 4.74 Å². The molecule has 0 aliphatic carbocycles. The van der Waals surface area contributed by atoms with Crippen LogP contribution >= 0.6 is 35.7 Å². The lowest BCUT2D eigenvalue weighted by atomic mass is 10.1. The van der Waals surface area contributed by atoms with Gasteiger partial charge in [0.2, 0.25) is 0 Å². The topological polar surface area (TPSA) is 45.6 Å². The number of halogens is 1. The second kappa shape index (κ2) is 10.4. The maximum atomic E-state index is 5.59. The van der Waals surface area contributed by atoms with Crippen LogP contribution in [0.3, 0.4) is 0 Å². The SMILES string of the molecule is CCOc1ccc(CNC(=NC)NCC2(C)CCCS2)cc1C.I. The minimum absolute atomic E-state index is 0. The van der Waals surface area contributed by atoms with Gasteiger partial charge in [0, 0.05) is 24.9 Å². The Morgan fingerprint density at radius 3 is 2.75 bits per heavy atom. The zero-order valence-corrected chi connectivity index (χ0v) is 18.3. The minimum Gasteiger partial charge on any atom is -0.494 e. The molecule has 136 valence electrons. The highest BCUT2D eigenvalue weighted by molar-refractivity contribution is 14.0. The van der Waals surface area contributed by atoms with Crippen LogP contribution in [0.5, 0.6) is 5.75 Å². The third-order valence-corrected chi connectivity index (χ3v) is 5.69. The lowest BCUT2D eigenvalue weighted by Crippen LogP contribution is -2.43. The quantitative estimate of drug-likeness (QED) is 0.381. The Morgan fingerprint density at radius 2 is 2.17 bits per heavy atom. The first-order valence-corrected chi connectivity index (χ1v) is 9.35. The van der Waals surface area contributed by atoms with Gasteiger partial charge in [0.25, 0.3) is 0 Å². The standard InChI is InChI=1S/C18H29N3OS.HI/c1-5-22-16-8-7-15(11-14(16)2)12-20-17(19-4)21-13-18(3)9-6-10-23-18;/h7-8,11H,5-6,9-10,12-13H2,1-4H3,(H2,19,20,21);1H. The molecule has 0 aromatic heterocycles. The first-order valence-electron chi connectivity index (χ1n) is 8.37. The van der Waals surface area contributed by atoms with Crippen molar-refractivity contribution in [2.24, 2.45) is 4.99 Å². The van der Waals surface area contributed by atoms with E-state index in [0.29, 0.717) is 11.4 Å². The van der Waals surface area contributed by atoms with Gasteiger partial charge in [-0.3, -0.25) is 4.99 Å². The number of nitrogens with zero attached hydrogens (tertiary/aromatic N) is 1. The second-order valence-corrected chi connectivity index (χ2v) is 7.90. The number of thioether (sulfide) groups is 1. The molecule has 1 aromatic rings. The molecule has 1 unspecified atom stereocenters. The van der Waals surface area contributed by atoms with Gasteiger partial charge in [0.05, 0.1) is 6.61 Å². The van der Waals surface area contributed by atoms with Crippen LogP contribution in [0.2, 0.25) is 0 Å². The zero-order chi connectivity index (χ0) is 16.7. The fourth-order valence-corrected chi connectivity index (χ4v) is 4.04. The van der Waals surface area contributed by atoms with Crippen LogP contribution in [-0.2, 0) is 6.54 Å². The molecule has 1 fully saturated rings. The normalized spacial score (nSPS) is 20.4. The van der Waals surface area contributed by atoms with Crippen LogP contribution in [0.15, 0.2) is 23.2 Å². The summed E-state index contributed by atoms with van der Waals surface area (Å²) < 4.78 is 5.93. The molecule has 0 radical (unpaired) electrons. The summed E-state index contributed by atoms with van der Waals surface area (Å²) in [4.78, 5) is 4.33. The van der Waals surface area contributed by atoms with Crippen LogP contribution in [0, 0.1) is 6.92 Å². The molecule has 0 saturated carbocycles. The molecule has 1 saturated heterocycles. The van der Waals surface area contributed by atoms with Gasteiger partial charge in [-0.25, -0.2) is 0 Å². The number of rotatable bonds is 6. The van der Waals surface area contributed by atoms with Crippen molar-refractivity contribution in [3.05, 3.63) is 29.3 Å². The number of benzene rings is 1. The summed E-state index contributed by atoms with van der Waals surface area (Å²) in [5.74, 6) is 3.10. The molecule has 0 spiro atoms. The van der Waals surface area contributed by atoms with Crippen molar-refractivity contribution in [3.8, 4) is 5.75 Å². The number of hydrogen-bond donors (Lipinski definition) is 2. The van der Waals surface area contributed by atoms with E-state index >= 15 is 0 Å². The van der Waals surface area contributed by atoms with Crippen LogP contribution < -0.4 is 15.4 Å². The predicted octanol–water partition coefficient (Wildman–Crippen LogP) is 3.96. The van der Waals surface area contributed by atoms with Gasteiger partial charge in [-0.1, -0.05) is 12.1 Å². The molecule has 2 N–H and O–H groups in total. The van der Waals surface area contributed by atoms with Crippen molar-refractivity contribution >= 4 is 41.7 Å². The molecule has 4 nitrogen and oxygen atoms in total. The van der Waals surface area contributed by atoms with Gasteiger partial charge in [-0.15, -0.1) is 24.0 Å². The summed E-state index contributed by atoms with van der Waals surface area (Å²) in [6.45, 7) is 8.84. The average Bonchev–Trinajstić information content (AvgIpc) is 2.97. The summed E-state index contributed by atoms with van der Waals surface area (Å²) >= 11 is 2.06. The van der Waals surface area contributed by atoms with E-state index < -0.39 is 0 Å². The van der Waals surface area contributed by atoms with Crippen LogP contribution in [0.25, 0.3) is 0 Å². The Kier molecular flexibility index (Phi) is 9.26. The van der Waals surface area contributed by atoms with Crippen LogP contribution in [0.1, 0.15) is 37.8 Å². The van der Waals surface area contributed by atoms with Crippen molar-refractivity contribution in [3.63, 3.8) is 0 Å². The van der Waals surface area contributed by atoms with E-state index in [1.165, 1.54) is 29.7 Å². The van der Waals surface area contributed by atoms with E-state index in [0.717, 1.165) is 24.8 Å². The van der Waals surface area contributed by atoms with E-state index in [1.54, 1.807) is 0 Å². The fourth-order valence-electron chi connectivity index (χ4n) is 2.79. The molecule has 1 aliphatic rings. The number of nitrogens with one attached hydrogen (secondary N) is 2. The van der Waals surface area contributed by atoms with Crippen molar-refractivity contribution in [1.82, 2.24) is 10.6 Å². The summed E-state index contributed by atoms with van der Waals surface area (Å²) in [7, 11) is 1.82. The Bertz CT molecular complexity index is 545. The maximum absolute atomic E-state index is 5.59. The Hall–Kier alpha value is -0.630. The third kappa shape index (κ3) is 6.35. The van der Waals surface area contributed by atoms with Crippen molar-refractivity contribution < 1.29 is 4.74 Å². The van der Waals surface area contributed by atoms with Crippen LogP contribution in [0.4, 0.5) is 0 Å². The van der Waals surface area contributed by atoms with E-state index in [2.05, 4.69) is 53.4 Å². The number of ether oxygens (including phenoxy) is 1. The zero-order valence-electron chi connectivity index (χ0n) is 15.1. The molecule has 1 aliphatic heterocycles. The Morgan fingerprint density at radius 1 is 1.38 bits per heavy atom. The smallest absolute Gasteiger partial charge is 0.191 e. The molecule has 0 amide bonds. The summed E-state index contributed by atoms with van der Waals surface area (Å²) in [5.41, 5.74) is 2.40. The Labute approximate surface area is 167 Å². The van der Waals surface area contributed by atoms with E-state index in [9.17, 15) is 0 Å². The molecule has 6 heteroatoms. The monoisotopic (exact) mass is 463 g/mol. The number of aryl methyl sites for hydroxylation is 1. The van der Waals surface area contributed by atoms with Gasteiger partial charge >= 0.3 is 0 Å². The van der Waals surface area contributed by atoms with Gasteiger partial charge < -0.3 is 15.4 Å². The fraction of sp³-hybridized carbons (Fsp3) is 0.611. The molecule has 2 rings (SSSR count). The summed E-state index contributed by atoms with van der Waals surface area (Å²) in [6.07, 6.45) is 2.60. The summed E-state index contributed by atoms with van der Waals surface area (Å²) in [6, 6.07) is 6.31. The molecule has 24 heavy (non-hydrogen) atoms. The molecule has 0 bridgehead atoms. The van der Waals surface area contributed by atoms with Gasteiger partial charge in [-0.05, 0) is 56.6 Å². The highest BCUT2D eigenvalue weighted by atomic mass is 127. The van der Waals surface area contributed by atoms with Crippen molar-refractivity contribution in [2.75, 3.05) is 26.0 Å². The molecular formula is C18H30IN3OS. The lowest BCUT2D eigenvalue weighted by Gasteiger charge is -2.24. The number of guanidine groups is 1. The van der Waals surface area contributed by atoms with Gasteiger partial charge in [-0.2, -0.15) is 11.8 Å². The van der Waals surface area contributed by atoms with Crippen molar-refractivity contribution in [2.45, 2.75) is 44.9 Å². The number of hydrogen-bond acceptors (Lipinski definition) is 3. The molecule has 1 aromatic carbocycles. The first-order chi connectivity index (χ1) is 11.1. The predicted molar refractivity (Wildman–Crippen MR) is 116 cm³/mol. The lowest BCUT2D eigenvalue weighted by molar-refractivity contribution is 0.338. The third-order valence-electron chi connectivity index (χ3n) is 4.15. The number of aliphatic imine (C=N–C) groups is 1. The minimum atomic E-state index is 0. The average molecular weight is 463 g/mol. The Balaban J connectivity index is 0.00000288. The van der Waals surface area contributed by atoms with Crippen LogP contribution in [-0.4, -0.2) is 36.7 Å². The van der Waals surface area contributed by atoms with Gasteiger partial charge in [0.1, 0.15) is 5.75 Å². The van der Waals surface area contributed by atoms with E-state index in [1.807, 2.05) is 20.0 Å².